The highest BCUT2D eigenvalue weighted by molar-refractivity contribution is 7.14. The summed E-state index contributed by atoms with van der Waals surface area (Å²) in [6.45, 7) is 3.95. The Bertz CT molecular complexity index is 1040. The van der Waals surface area contributed by atoms with Crippen LogP contribution >= 0.6 is 22.9 Å². The molecule has 2 saturated carbocycles. The third kappa shape index (κ3) is 6.96. The number of hydrogen-bond acceptors (Lipinski definition) is 6. The number of amides is 2. The van der Waals surface area contributed by atoms with E-state index in [0.29, 0.717) is 35.1 Å². The molecule has 35 heavy (non-hydrogen) atoms. The van der Waals surface area contributed by atoms with Gasteiger partial charge in [-0.1, -0.05) is 37.3 Å². The van der Waals surface area contributed by atoms with E-state index in [9.17, 15) is 14.7 Å². The number of carbonyl (C=O) groups excluding carboxylic acids is 2. The Kier molecular flexibility index (Phi) is 8.68. The van der Waals surface area contributed by atoms with E-state index in [0.717, 1.165) is 35.5 Å². The fourth-order valence-electron chi connectivity index (χ4n) is 5.10. The van der Waals surface area contributed by atoms with Crippen LogP contribution in [0.5, 0.6) is 0 Å². The third-order valence-corrected chi connectivity index (χ3v) is 8.59. The summed E-state index contributed by atoms with van der Waals surface area (Å²) in [5, 5.41) is 19.9. The molecule has 4 rings (SSSR count). The molecule has 0 aliphatic heterocycles. The summed E-state index contributed by atoms with van der Waals surface area (Å²) in [7, 11) is 0. The lowest BCUT2D eigenvalue weighted by Gasteiger charge is -2.23. The number of anilines is 1. The largest absolute Gasteiger partial charge is 0.393 e. The number of halogens is 1. The number of nitrogens with zero attached hydrogens (tertiary/aromatic N) is 1. The van der Waals surface area contributed by atoms with Crippen molar-refractivity contribution in [3.63, 3.8) is 0 Å². The number of aliphatic hydroxyl groups excluding tert-OH is 1. The Hall–Kier alpha value is -2.16. The van der Waals surface area contributed by atoms with Gasteiger partial charge in [-0.15, -0.1) is 11.3 Å². The maximum atomic E-state index is 13.1. The van der Waals surface area contributed by atoms with Gasteiger partial charge in [0, 0.05) is 17.1 Å². The van der Waals surface area contributed by atoms with Crippen LogP contribution in [-0.4, -0.2) is 40.1 Å². The van der Waals surface area contributed by atoms with Crippen molar-refractivity contribution in [3.8, 4) is 0 Å². The zero-order valence-electron chi connectivity index (χ0n) is 20.4. The van der Waals surface area contributed by atoms with E-state index in [1.54, 1.807) is 6.20 Å². The van der Waals surface area contributed by atoms with Gasteiger partial charge in [-0.25, -0.2) is 0 Å². The number of hydrogen-bond donors (Lipinski definition) is 4. The number of pyridine rings is 1. The highest BCUT2D eigenvalue weighted by atomic mass is 35.5. The van der Waals surface area contributed by atoms with Crippen LogP contribution in [0.3, 0.4) is 0 Å². The van der Waals surface area contributed by atoms with Crippen molar-refractivity contribution in [1.82, 2.24) is 15.6 Å². The first-order valence-electron chi connectivity index (χ1n) is 12.6. The number of aryl methyl sites for hydroxylation is 1. The molecule has 0 radical (unpaired) electrons. The van der Waals surface area contributed by atoms with Gasteiger partial charge in [-0.2, -0.15) is 0 Å². The standard InChI is InChI=1S/C26H35ClN4O3S/c1-15-21(12-18(27)14-28-15)29-16(2)23-9-10-24(35-23)26(34)31-22(11-17-5-3-4-6-17)25(33)30-19-7-8-20(32)13-19/h9-10,12,14,16-17,19-20,22,29,32H,3-8,11,13H2,1-2H3,(H,30,33)(H,31,34). The molecule has 4 N–H and O–H groups in total. The van der Waals surface area contributed by atoms with Crippen molar-refractivity contribution >= 4 is 40.4 Å². The molecule has 9 heteroatoms. The Labute approximate surface area is 216 Å². The van der Waals surface area contributed by atoms with Crippen LogP contribution in [0.4, 0.5) is 5.69 Å². The van der Waals surface area contributed by atoms with Gasteiger partial charge in [0.15, 0.2) is 0 Å². The highest BCUT2D eigenvalue weighted by Gasteiger charge is 2.31. The second kappa shape index (κ2) is 11.7. The van der Waals surface area contributed by atoms with Gasteiger partial charge in [-0.3, -0.25) is 14.6 Å². The molecule has 2 fully saturated rings. The van der Waals surface area contributed by atoms with E-state index in [-0.39, 0.29) is 30.0 Å². The summed E-state index contributed by atoms with van der Waals surface area (Å²) >= 11 is 7.50. The molecule has 2 aromatic heterocycles. The van der Waals surface area contributed by atoms with Gasteiger partial charge in [0.2, 0.25) is 5.91 Å². The summed E-state index contributed by atoms with van der Waals surface area (Å²) in [5.41, 5.74) is 1.71. The average molecular weight is 519 g/mol. The molecular formula is C26H35ClN4O3S. The van der Waals surface area contributed by atoms with E-state index >= 15 is 0 Å². The summed E-state index contributed by atoms with van der Waals surface area (Å²) in [6.07, 6.45) is 8.56. The predicted octanol–water partition coefficient (Wildman–Crippen LogP) is 4.99. The summed E-state index contributed by atoms with van der Waals surface area (Å²) in [6, 6.07) is 4.98. The number of nitrogens with one attached hydrogen (secondary N) is 3. The minimum absolute atomic E-state index is 0.0230. The fourth-order valence-corrected chi connectivity index (χ4v) is 6.17. The van der Waals surface area contributed by atoms with Crippen LogP contribution < -0.4 is 16.0 Å². The summed E-state index contributed by atoms with van der Waals surface area (Å²) in [5.74, 6) is 0.0941. The topological polar surface area (TPSA) is 103 Å². The zero-order valence-corrected chi connectivity index (χ0v) is 21.9. The van der Waals surface area contributed by atoms with E-state index < -0.39 is 6.04 Å². The van der Waals surface area contributed by atoms with E-state index in [1.165, 1.54) is 24.2 Å². The van der Waals surface area contributed by atoms with Crippen LogP contribution in [0, 0.1) is 12.8 Å². The lowest BCUT2D eigenvalue weighted by molar-refractivity contribution is -0.124. The van der Waals surface area contributed by atoms with Gasteiger partial charge in [0.25, 0.3) is 5.91 Å². The number of carbonyl (C=O) groups is 2. The lowest BCUT2D eigenvalue weighted by Crippen LogP contribution is -2.49. The normalized spacial score (nSPS) is 22.1. The monoisotopic (exact) mass is 518 g/mol. The molecule has 0 bridgehead atoms. The molecule has 7 nitrogen and oxygen atoms in total. The van der Waals surface area contributed by atoms with Crippen molar-refractivity contribution in [3.05, 3.63) is 44.9 Å². The van der Waals surface area contributed by atoms with Crippen molar-refractivity contribution in [2.24, 2.45) is 5.92 Å². The number of thiophene rings is 1. The van der Waals surface area contributed by atoms with Crippen molar-refractivity contribution in [2.45, 2.75) is 89.4 Å². The molecular weight excluding hydrogens is 484 g/mol. The molecule has 0 aromatic carbocycles. The number of rotatable bonds is 9. The van der Waals surface area contributed by atoms with E-state index in [2.05, 4.69) is 20.9 Å². The molecule has 2 aliphatic rings. The van der Waals surface area contributed by atoms with Crippen molar-refractivity contribution in [2.75, 3.05) is 5.32 Å². The quantitative estimate of drug-likeness (QED) is 0.374. The molecule has 4 unspecified atom stereocenters. The van der Waals surface area contributed by atoms with E-state index in [4.69, 9.17) is 11.6 Å². The van der Waals surface area contributed by atoms with Gasteiger partial charge >= 0.3 is 0 Å². The predicted molar refractivity (Wildman–Crippen MR) is 140 cm³/mol. The summed E-state index contributed by atoms with van der Waals surface area (Å²) < 4.78 is 0. The molecule has 2 aliphatic carbocycles. The van der Waals surface area contributed by atoms with Gasteiger partial charge in [0.05, 0.1) is 33.4 Å². The van der Waals surface area contributed by atoms with Crippen molar-refractivity contribution < 1.29 is 14.7 Å². The first kappa shape index (κ1) is 25.9. The maximum absolute atomic E-state index is 13.1. The highest BCUT2D eigenvalue weighted by Crippen LogP contribution is 2.30. The average Bonchev–Trinajstić information content (AvgIpc) is 3.58. The van der Waals surface area contributed by atoms with Gasteiger partial charge < -0.3 is 21.1 Å². The second-order valence-corrected chi connectivity index (χ2v) is 11.5. The third-order valence-electron chi connectivity index (χ3n) is 7.12. The van der Waals surface area contributed by atoms with Gasteiger partial charge in [0.1, 0.15) is 6.04 Å². The van der Waals surface area contributed by atoms with Gasteiger partial charge in [-0.05, 0) is 63.6 Å². The smallest absolute Gasteiger partial charge is 0.262 e. The van der Waals surface area contributed by atoms with Crippen LogP contribution in [-0.2, 0) is 4.79 Å². The molecule has 2 amide bonds. The SMILES string of the molecule is Cc1ncc(Cl)cc1NC(C)c1ccc(C(=O)NC(CC2CCCC2)C(=O)NC2CCC(O)C2)s1. The second-order valence-electron chi connectivity index (χ2n) is 9.94. The number of aliphatic hydroxyl groups is 1. The Morgan fingerprint density at radius 2 is 2.00 bits per heavy atom. The maximum Gasteiger partial charge on any atom is 0.262 e. The Morgan fingerprint density at radius 3 is 2.71 bits per heavy atom. The fraction of sp³-hybridized carbons (Fsp3) is 0.577. The first-order valence-corrected chi connectivity index (χ1v) is 13.8. The van der Waals surface area contributed by atoms with Crippen LogP contribution in [0.25, 0.3) is 0 Å². The minimum atomic E-state index is -0.565. The molecule has 0 saturated heterocycles. The zero-order chi connectivity index (χ0) is 24.9. The first-order chi connectivity index (χ1) is 16.8. The molecule has 190 valence electrons. The van der Waals surface area contributed by atoms with Crippen molar-refractivity contribution in [1.29, 1.82) is 0 Å². The summed E-state index contributed by atoms with van der Waals surface area (Å²) in [4.78, 5) is 32.1. The number of aromatic nitrogens is 1. The molecule has 4 atom stereocenters. The van der Waals surface area contributed by atoms with Crippen LogP contribution in [0.2, 0.25) is 5.02 Å². The lowest BCUT2D eigenvalue weighted by atomic mass is 9.97. The molecule has 2 aromatic rings. The van der Waals surface area contributed by atoms with E-state index in [1.807, 2.05) is 32.0 Å². The Morgan fingerprint density at radius 1 is 1.23 bits per heavy atom. The van der Waals surface area contributed by atoms with Crippen LogP contribution in [0.1, 0.15) is 84.6 Å². The minimum Gasteiger partial charge on any atom is -0.393 e. The Balaban J connectivity index is 1.40. The molecule has 0 spiro atoms. The molecule has 2 heterocycles. The van der Waals surface area contributed by atoms with Crippen LogP contribution in [0.15, 0.2) is 24.4 Å².